The summed E-state index contributed by atoms with van der Waals surface area (Å²) in [4.78, 5) is 4.35. The van der Waals surface area contributed by atoms with Crippen LogP contribution in [0.15, 0.2) is 22.8 Å². The molecule has 0 aliphatic rings. The van der Waals surface area contributed by atoms with Gasteiger partial charge in [0.25, 0.3) is 0 Å². The van der Waals surface area contributed by atoms with Crippen LogP contribution in [0.3, 0.4) is 0 Å². The zero-order chi connectivity index (χ0) is 13.0. The Kier molecular flexibility index (Phi) is 3.92. The van der Waals surface area contributed by atoms with E-state index in [2.05, 4.69) is 27.4 Å². The minimum atomic E-state index is 0.277. The second kappa shape index (κ2) is 5.62. The maximum absolute atomic E-state index is 5.30. The van der Waals surface area contributed by atoms with Crippen molar-refractivity contribution in [1.29, 1.82) is 0 Å². The summed E-state index contributed by atoms with van der Waals surface area (Å²) < 4.78 is 5.30. The summed E-state index contributed by atoms with van der Waals surface area (Å²) in [5.41, 5.74) is 1.77. The molecule has 0 fully saturated rings. The average molecular weight is 246 g/mol. The molecule has 0 amide bonds. The third-order valence-corrected chi connectivity index (χ3v) is 2.87. The molecule has 1 atom stereocenters. The first-order valence-corrected chi connectivity index (χ1v) is 6.12. The molecule has 0 aliphatic carbocycles. The zero-order valence-corrected chi connectivity index (χ0v) is 11.0. The van der Waals surface area contributed by atoms with E-state index in [1.807, 2.05) is 26.0 Å². The maximum Gasteiger partial charge on any atom is 0.243 e. The first-order valence-electron chi connectivity index (χ1n) is 6.12. The number of aryl methyl sites for hydroxylation is 3. The lowest BCUT2D eigenvalue weighted by molar-refractivity contribution is 0.494. The third kappa shape index (κ3) is 3.29. The van der Waals surface area contributed by atoms with Crippen molar-refractivity contribution in [2.45, 2.75) is 39.7 Å². The summed E-state index contributed by atoms with van der Waals surface area (Å²) in [5, 5.41) is 11.3. The number of furan rings is 1. The summed E-state index contributed by atoms with van der Waals surface area (Å²) in [6, 6.07) is 4.17. The van der Waals surface area contributed by atoms with Crippen molar-refractivity contribution >= 4 is 5.95 Å². The van der Waals surface area contributed by atoms with E-state index in [0.29, 0.717) is 5.95 Å². The Labute approximate surface area is 107 Å². The molecular formula is C13H18N4O. The molecule has 1 N–H and O–H groups in total. The molecule has 1 unspecified atom stereocenters. The average Bonchev–Trinajstić information content (AvgIpc) is 2.84. The summed E-state index contributed by atoms with van der Waals surface area (Å²) in [6.07, 6.45) is 3.56. The Bertz CT molecular complexity index is 496. The van der Waals surface area contributed by atoms with Gasteiger partial charge in [-0.3, -0.25) is 0 Å². The highest BCUT2D eigenvalue weighted by molar-refractivity contribution is 5.25. The number of nitrogens with one attached hydrogen (secondary N) is 1. The van der Waals surface area contributed by atoms with Crippen LogP contribution in [-0.2, 0) is 6.42 Å². The first kappa shape index (κ1) is 12.5. The Hall–Kier alpha value is -1.91. The molecule has 2 aromatic heterocycles. The van der Waals surface area contributed by atoms with Crippen LogP contribution in [0.25, 0.3) is 0 Å². The van der Waals surface area contributed by atoms with Crippen molar-refractivity contribution in [3.63, 3.8) is 0 Å². The van der Waals surface area contributed by atoms with Gasteiger partial charge < -0.3 is 9.73 Å². The van der Waals surface area contributed by atoms with Gasteiger partial charge in [-0.15, -0.1) is 5.10 Å². The van der Waals surface area contributed by atoms with Crippen LogP contribution in [0.5, 0.6) is 0 Å². The highest BCUT2D eigenvalue weighted by Gasteiger charge is 2.07. The Balaban J connectivity index is 1.86. The second-order valence-electron chi connectivity index (χ2n) is 4.47. The third-order valence-electron chi connectivity index (χ3n) is 2.87. The topological polar surface area (TPSA) is 63.8 Å². The minimum Gasteiger partial charge on any atom is -0.469 e. The molecule has 0 radical (unpaired) electrons. The molecule has 0 spiro atoms. The van der Waals surface area contributed by atoms with Crippen molar-refractivity contribution in [3.8, 4) is 0 Å². The Morgan fingerprint density at radius 1 is 1.28 bits per heavy atom. The minimum absolute atomic E-state index is 0.277. The molecule has 0 aliphatic heterocycles. The molecule has 0 saturated heterocycles. The second-order valence-corrected chi connectivity index (χ2v) is 4.47. The molecule has 2 heterocycles. The van der Waals surface area contributed by atoms with Crippen molar-refractivity contribution < 1.29 is 4.42 Å². The van der Waals surface area contributed by atoms with Gasteiger partial charge in [0.1, 0.15) is 5.76 Å². The number of aromatic nitrogens is 3. The highest BCUT2D eigenvalue weighted by atomic mass is 16.3. The van der Waals surface area contributed by atoms with Crippen molar-refractivity contribution in [1.82, 2.24) is 15.2 Å². The Morgan fingerprint density at radius 3 is 2.78 bits per heavy atom. The van der Waals surface area contributed by atoms with Crippen LogP contribution in [-0.4, -0.2) is 21.2 Å². The molecular weight excluding hydrogens is 228 g/mol. The lowest BCUT2D eigenvalue weighted by atomic mass is 10.1. The van der Waals surface area contributed by atoms with Crippen LogP contribution in [0.1, 0.15) is 30.5 Å². The smallest absolute Gasteiger partial charge is 0.243 e. The molecule has 18 heavy (non-hydrogen) atoms. The van der Waals surface area contributed by atoms with Crippen molar-refractivity contribution in [2.75, 3.05) is 5.32 Å². The van der Waals surface area contributed by atoms with Gasteiger partial charge in [-0.25, -0.2) is 4.98 Å². The van der Waals surface area contributed by atoms with E-state index in [1.54, 1.807) is 6.26 Å². The molecule has 0 saturated carbocycles. The summed E-state index contributed by atoms with van der Waals surface area (Å²) >= 11 is 0. The van der Waals surface area contributed by atoms with Crippen LogP contribution < -0.4 is 5.32 Å². The van der Waals surface area contributed by atoms with Gasteiger partial charge in [-0.05, 0) is 39.3 Å². The largest absolute Gasteiger partial charge is 0.469 e. The predicted octanol–water partition coefficient (Wildman–Crippen LogP) is 2.51. The van der Waals surface area contributed by atoms with E-state index in [9.17, 15) is 0 Å². The van der Waals surface area contributed by atoms with Crippen LogP contribution in [0.2, 0.25) is 0 Å². The number of rotatable bonds is 5. The number of anilines is 1. The molecule has 5 heteroatoms. The van der Waals surface area contributed by atoms with Gasteiger partial charge in [-0.1, -0.05) is 0 Å². The highest BCUT2D eigenvalue weighted by Crippen LogP contribution is 2.09. The van der Waals surface area contributed by atoms with E-state index < -0.39 is 0 Å². The van der Waals surface area contributed by atoms with Crippen molar-refractivity contribution in [3.05, 3.63) is 35.5 Å². The zero-order valence-electron chi connectivity index (χ0n) is 11.0. The lowest BCUT2D eigenvalue weighted by Gasteiger charge is -2.12. The molecule has 96 valence electrons. The van der Waals surface area contributed by atoms with E-state index in [4.69, 9.17) is 4.42 Å². The molecule has 2 rings (SSSR count). The molecule has 0 aromatic carbocycles. The summed E-state index contributed by atoms with van der Waals surface area (Å²) in [5.74, 6) is 1.59. The fourth-order valence-electron chi connectivity index (χ4n) is 1.62. The van der Waals surface area contributed by atoms with Gasteiger partial charge >= 0.3 is 0 Å². The standard InChI is InChI=1S/C13H18N4O/c1-9(6-7-12-5-4-8-18-12)14-13-15-10(2)11(3)16-17-13/h4-5,8-9H,6-7H2,1-3H3,(H,14,15,17). The van der Waals surface area contributed by atoms with Gasteiger partial charge in [0.05, 0.1) is 17.7 Å². The fourth-order valence-corrected chi connectivity index (χ4v) is 1.62. The van der Waals surface area contributed by atoms with Gasteiger partial charge in [0.15, 0.2) is 0 Å². The molecule has 0 bridgehead atoms. The van der Waals surface area contributed by atoms with Crippen LogP contribution >= 0.6 is 0 Å². The fraction of sp³-hybridized carbons (Fsp3) is 0.462. The molecule has 5 nitrogen and oxygen atoms in total. The predicted molar refractivity (Wildman–Crippen MR) is 69.4 cm³/mol. The Morgan fingerprint density at radius 2 is 2.11 bits per heavy atom. The van der Waals surface area contributed by atoms with E-state index in [0.717, 1.165) is 30.0 Å². The number of nitrogens with zero attached hydrogens (tertiary/aromatic N) is 3. The molecule has 2 aromatic rings. The first-order chi connectivity index (χ1) is 8.65. The lowest BCUT2D eigenvalue weighted by Crippen LogP contribution is -2.18. The van der Waals surface area contributed by atoms with E-state index in [1.165, 1.54) is 0 Å². The van der Waals surface area contributed by atoms with Crippen LogP contribution in [0.4, 0.5) is 5.95 Å². The van der Waals surface area contributed by atoms with Crippen molar-refractivity contribution in [2.24, 2.45) is 0 Å². The van der Waals surface area contributed by atoms with E-state index >= 15 is 0 Å². The van der Waals surface area contributed by atoms with Gasteiger partial charge in [0.2, 0.25) is 5.95 Å². The maximum atomic E-state index is 5.30. The SMILES string of the molecule is Cc1nnc(NC(C)CCc2ccco2)nc1C. The van der Waals surface area contributed by atoms with Crippen LogP contribution in [0, 0.1) is 13.8 Å². The summed E-state index contributed by atoms with van der Waals surface area (Å²) in [7, 11) is 0. The van der Waals surface area contributed by atoms with Gasteiger partial charge in [-0.2, -0.15) is 5.10 Å². The monoisotopic (exact) mass is 246 g/mol. The van der Waals surface area contributed by atoms with Gasteiger partial charge in [0, 0.05) is 12.5 Å². The number of hydrogen-bond acceptors (Lipinski definition) is 5. The van der Waals surface area contributed by atoms with E-state index in [-0.39, 0.29) is 6.04 Å². The quantitative estimate of drug-likeness (QED) is 0.878. The summed E-state index contributed by atoms with van der Waals surface area (Å²) in [6.45, 7) is 5.93. The normalized spacial score (nSPS) is 12.4. The number of hydrogen-bond donors (Lipinski definition) is 1.